The van der Waals surface area contributed by atoms with Crippen molar-refractivity contribution in [3.05, 3.63) is 35.4 Å². The molecule has 120 valence electrons. The number of fused-ring (bicyclic) bond motifs is 1. The lowest BCUT2D eigenvalue weighted by atomic mass is 9.88. The molecule has 1 amide bonds. The monoisotopic (exact) mass is 303 g/mol. The average molecular weight is 303 g/mol. The molecule has 0 spiro atoms. The normalized spacial score (nSPS) is 31.4. The molecule has 1 heterocycles. The van der Waals surface area contributed by atoms with Crippen LogP contribution in [0.25, 0.3) is 0 Å². The molecule has 3 rings (SSSR count). The van der Waals surface area contributed by atoms with Gasteiger partial charge >= 0.3 is 0 Å². The highest BCUT2D eigenvalue weighted by Gasteiger charge is 2.28. The summed E-state index contributed by atoms with van der Waals surface area (Å²) >= 11 is 0. The van der Waals surface area contributed by atoms with Gasteiger partial charge in [0.2, 0.25) is 0 Å². The minimum atomic E-state index is 0.165. The van der Waals surface area contributed by atoms with Gasteiger partial charge < -0.3 is 15.0 Å². The highest BCUT2D eigenvalue weighted by molar-refractivity contribution is 5.77. The maximum atomic E-state index is 12.4. The molecule has 2 aliphatic rings. The lowest BCUT2D eigenvalue weighted by Crippen LogP contribution is -3.16. The SMILES string of the molecule is C[C@@H]1C[NH+](CC(=O)N[C@@H]2CCCc3ccccc32)C[C@H](C)O1. The lowest BCUT2D eigenvalue weighted by Gasteiger charge is -2.32. The molecule has 4 atom stereocenters. The van der Waals surface area contributed by atoms with Crippen molar-refractivity contribution in [2.24, 2.45) is 0 Å². The zero-order chi connectivity index (χ0) is 15.5. The van der Waals surface area contributed by atoms with Crippen LogP contribution in [0.2, 0.25) is 0 Å². The van der Waals surface area contributed by atoms with Gasteiger partial charge in [-0.1, -0.05) is 24.3 Å². The molecule has 22 heavy (non-hydrogen) atoms. The van der Waals surface area contributed by atoms with Crippen LogP contribution >= 0.6 is 0 Å². The van der Waals surface area contributed by atoms with Crippen molar-refractivity contribution in [1.29, 1.82) is 0 Å². The second kappa shape index (κ2) is 6.80. The predicted molar refractivity (Wildman–Crippen MR) is 85.8 cm³/mol. The van der Waals surface area contributed by atoms with Crippen molar-refractivity contribution < 1.29 is 14.4 Å². The summed E-state index contributed by atoms with van der Waals surface area (Å²) in [6.45, 7) is 6.56. The molecule has 1 aromatic rings. The quantitative estimate of drug-likeness (QED) is 0.870. The Labute approximate surface area is 132 Å². The fourth-order valence-corrected chi connectivity index (χ4v) is 3.91. The molecular weight excluding hydrogens is 276 g/mol. The number of ether oxygens (including phenoxy) is 1. The number of hydrogen-bond donors (Lipinski definition) is 2. The molecule has 1 aliphatic heterocycles. The van der Waals surface area contributed by atoms with Gasteiger partial charge in [-0.2, -0.15) is 0 Å². The van der Waals surface area contributed by atoms with E-state index in [1.54, 1.807) is 0 Å². The number of carbonyl (C=O) groups excluding carboxylic acids is 1. The van der Waals surface area contributed by atoms with E-state index in [1.165, 1.54) is 16.0 Å². The number of nitrogens with one attached hydrogen (secondary N) is 2. The highest BCUT2D eigenvalue weighted by Crippen LogP contribution is 2.29. The van der Waals surface area contributed by atoms with Gasteiger partial charge in [-0.25, -0.2) is 0 Å². The van der Waals surface area contributed by atoms with E-state index in [4.69, 9.17) is 4.74 Å². The number of aryl methyl sites for hydroxylation is 1. The number of hydrogen-bond acceptors (Lipinski definition) is 2. The zero-order valence-corrected chi connectivity index (χ0v) is 13.6. The van der Waals surface area contributed by atoms with Gasteiger partial charge in [0.25, 0.3) is 5.91 Å². The van der Waals surface area contributed by atoms with Crippen LogP contribution in [0.5, 0.6) is 0 Å². The molecule has 0 saturated carbocycles. The number of morpholine rings is 1. The minimum absolute atomic E-state index is 0.165. The first-order chi connectivity index (χ1) is 10.6. The molecule has 1 aliphatic carbocycles. The summed E-state index contributed by atoms with van der Waals surface area (Å²) in [6, 6.07) is 8.69. The molecule has 4 heteroatoms. The second-order valence-electron chi connectivity index (χ2n) is 6.80. The zero-order valence-electron chi connectivity index (χ0n) is 13.6. The Bertz CT molecular complexity index is 522. The number of quaternary nitrogens is 1. The Morgan fingerprint density at radius 1 is 1.27 bits per heavy atom. The standard InChI is InChI=1S/C18H26N2O2/c1-13-10-20(11-14(2)22-13)12-18(21)19-17-9-5-7-15-6-3-4-8-16(15)17/h3-4,6,8,13-14,17H,5,7,9-12H2,1-2H3,(H,19,21)/p+1/t13-,14+,17-/m1/s1. The van der Waals surface area contributed by atoms with E-state index < -0.39 is 0 Å². The van der Waals surface area contributed by atoms with Crippen LogP contribution in [0.15, 0.2) is 24.3 Å². The number of rotatable bonds is 3. The minimum Gasteiger partial charge on any atom is -0.364 e. The first-order valence-electron chi connectivity index (χ1n) is 8.48. The number of carbonyl (C=O) groups is 1. The molecule has 4 nitrogen and oxygen atoms in total. The van der Waals surface area contributed by atoms with Crippen molar-refractivity contribution in [1.82, 2.24) is 5.32 Å². The summed E-state index contributed by atoms with van der Waals surface area (Å²) in [7, 11) is 0. The Hall–Kier alpha value is -1.39. The van der Waals surface area contributed by atoms with Crippen LogP contribution in [0.3, 0.4) is 0 Å². The van der Waals surface area contributed by atoms with E-state index in [0.717, 1.165) is 32.4 Å². The van der Waals surface area contributed by atoms with Crippen molar-refractivity contribution in [2.75, 3.05) is 19.6 Å². The Morgan fingerprint density at radius 2 is 2.00 bits per heavy atom. The second-order valence-corrected chi connectivity index (χ2v) is 6.80. The number of benzene rings is 1. The summed E-state index contributed by atoms with van der Waals surface area (Å²) in [4.78, 5) is 13.8. The van der Waals surface area contributed by atoms with Crippen molar-refractivity contribution in [2.45, 2.75) is 51.4 Å². The third-order valence-electron chi connectivity index (χ3n) is 4.73. The van der Waals surface area contributed by atoms with Crippen molar-refractivity contribution in [3.8, 4) is 0 Å². The fraction of sp³-hybridized carbons (Fsp3) is 0.611. The molecule has 1 fully saturated rings. The van der Waals surface area contributed by atoms with E-state index >= 15 is 0 Å². The van der Waals surface area contributed by atoms with Crippen LogP contribution in [0.1, 0.15) is 43.9 Å². The van der Waals surface area contributed by atoms with Gasteiger partial charge in [-0.3, -0.25) is 4.79 Å². The molecular formula is C18H27N2O2+. The van der Waals surface area contributed by atoms with E-state index in [9.17, 15) is 4.79 Å². The summed E-state index contributed by atoms with van der Waals surface area (Å²) in [5, 5.41) is 3.25. The predicted octanol–water partition coefficient (Wildman–Crippen LogP) is 0.872. The van der Waals surface area contributed by atoms with Crippen LogP contribution < -0.4 is 10.2 Å². The maximum Gasteiger partial charge on any atom is 0.275 e. The average Bonchev–Trinajstić information content (AvgIpc) is 2.46. The molecule has 0 radical (unpaired) electrons. The van der Waals surface area contributed by atoms with Gasteiger partial charge in [0, 0.05) is 0 Å². The maximum absolute atomic E-state index is 12.4. The van der Waals surface area contributed by atoms with Crippen molar-refractivity contribution in [3.63, 3.8) is 0 Å². The van der Waals surface area contributed by atoms with Gasteiger partial charge in [0.1, 0.15) is 25.3 Å². The summed E-state index contributed by atoms with van der Waals surface area (Å²) in [6.07, 6.45) is 3.81. The first kappa shape index (κ1) is 15.5. The van der Waals surface area contributed by atoms with E-state index in [2.05, 4.69) is 43.4 Å². The van der Waals surface area contributed by atoms with E-state index in [-0.39, 0.29) is 24.2 Å². The fourth-order valence-electron chi connectivity index (χ4n) is 3.91. The molecule has 0 bridgehead atoms. The van der Waals surface area contributed by atoms with Gasteiger partial charge in [0.15, 0.2) is 6.54 Å². The summed E-state index contributed by atoms with van der Waals surface area (Å²) < 4.78 is 5.74. The van der Waals surface area contributed by atoms with Crippen molar-refractivity contribution >= 4 is 5.91 Å². The Balaban J connectivity index is 1.58. The highest BCUT2D eigenvalue weighted by atomic mass is 16.5. The third kappa shape index (κ3) is 3.68. The smallest absolute Gasteiger partial charge is 0.275 e. The molecule has 1 aromatic carbocycles. The largest absolute Gasteiger partial charge is 0.364 e. The van der Waals surface area contributed by atoms with Gasteiger partial charge in [0.05, 0.1) is 6.04 Å². The van der Waals surface area contributed by atoms with Crippen LogP contribution in [0.4, 0.5) is 0 Å². The third-order valence-corrected chi connectivity index (χ3v) is 4.73. The van der Waals surface area contributed by atoms with E-state index in [0.29, 0.717) is 6.54 Å². The molecule has 2 N–H and O–H groups in total. The van der Waals surface area contributed by atoms with Crippen LogP contribution in [-0.4, -0.2) is 37.7 Å². The summed E-state index contributed by atoms with van der Waals surface area (Å²) in [5.41, 5.74) is 2.70. The van der Waals surface area contributed by atoms with Crippen LogP contribution in [0, 0.1) is 0 Å². The van der Waals surface area contributed by atoms with Crippen LogP contribution in [-0.2, 0) is 16.0 Å². The summed E-state index contributed by atoms with van der Waals surface area (Å²) in [5.74, 6) is 0.165. The van der Waals surface area contributed by atoms with E-state index in [1.807, 2.05) is 0 Å². The topological polar surface area (TPSA) is 42.8 Å². The molecule has 1 saturated heterocycles. The van der Waals surface area contributed by atoms with Gasteiger partial charge in [-0.05, 0) is 44.2 Å². The Morgan fingerprint density at radius 3 is 2.77 bits per heavy atom. The first-order valence-corrected chi connectivity index (χ1v) is 8.48. The van der Waals surface area contributed by atoms with Gasteiger partial charge in [-0.15, -0.1) is 0 Å². The lowest BCUT2D eigenvalue weighted by molar-refractivity contribution is -0.907. The Kier molecular flexibility index (Phi) is 4.79. The molecule has 0 aromatic heterocycles. The number of amides is 1. The molecule has 1 unspecified atom stereocenters.